The summed E-state index contributed by atoms with van der Waals surface area (Å²) in [6.45, 7) is 7.48. The van der Waals surface area contributed by atoms with Crippen molar-refractivity contribution in [3.63, 3.8) is 0 Å². The molecule has 3 aromatic rings. The lowest BCUT2D eigenvalue weighted by molar-refractivity contribution is 0.0526. The normalized spacial score (nSPS) is 11.6. The first-order chi connectivity index (χ1) is 15.5. The minimum Gasteiger partial charge on any atom is -0.462 e. The molecule has 0 saturated carbocycles. The van der Waals surface area contributed by atoms with Crippen LogP contribution in [0.5, 0.6) is 0 Å². The highest BCUT2D eigenvalue weighted by molar-refractivity contribution is 5.92. The highest BCUT2D eigenvalue weighted by atomic mass is 16.5. The molecule has 6 heteroatoms. The van der Waals surface area contributed by atoms with Crippen LogP contribution in [0.1, 0.15) is 48.8 Å². The Hall–Kier alpha value is -3.54. The Morgan fingerprint density at radius 3 is 2.38 bits per heavy atom. The van der Waals surface area contributed by atoms with E-state index in [-0.39, 0.29) is 18.0 Å². The average Bonchev–Trinajstić information content (AvgIpc) is 3.24. The summed E-state index contributed by atoms with van der Waals surface area (Å²) in [6, 6.07) is 21.0. The van der Waals surface area contributed by atoms with Gasteiger partial charge in [-0.25, -0.2) is 9.59 Å². The number of carbonyl (C=O) groups is 2. The third-order valence-electron chi connectivity index (χ3n) is 5.48. The van der Waals surface area contributed by atoms with Crippen LogP contribution in [0.3, 0.4) is 0 Å². The number of carbonyl (C=O) groups excluding carboxylic acids is 2. The van der Waals surface area contributed by atoms with Crippen molar-refractivity contribution in [3.05, 3.63) is 89.7 Å². The summed E-state index contributed by atoms with van der Waals surface area (Å²) in [6.07, 6.45) is 2.89. The van der Waals surface area contributed by atoms with E-state index < -0.39 is 0 Å². The zero-order valence-electron chi connectivity index (χ0n) is 19.0. The molecule has 1 unspecified atom stereocenters. The number of amides is 2. The molecule has 1 atom stereocenters. The largest absolute Gasteiger partial charge is 0.462 e. The molecule has 2 amide bonds. The molecule has 168 valence electrons. The number of aromatic nitrogens is 1. The number of anilines is 1. The lowest BCUT2D eigenvalue weighted by Gasteiger charge is -2.29. The number of nitrogens with one attached hydrogen (secondary N) is 1. The quantitative estimate of drug-likeness (QED) is 0.450. The molecule has 0 aliphatic carbocycles. The molecule has 1 N–H and O–H groups in total. The highest BCUT2D eigenvalue weighted by Gasteiger charge is 2.21. The summed E-state index contributed by atoms with van der Waals surface area (Å²) in [4.78, 5) is 26.8. The van der Waals surface area contributed by atoms with E-state index in [1.54, 1.807) is 31.2 Å². The van der Waals surface area contributed by atoms with Crippen molar-refractivity contribution < 1.29 is 14.3 Å². The third-order valence-corrected chi connectivity index (χ3v) is 5.48. The van der Waals surface area contributed by atoms with Crippen LogP contribution in [0.4, 0.5) is 10.5 Å². The van der Waals surface area contributed by atoms with Gasteiger partial charge >= 0.3 is 12.0 Å². The fraction of sp³-hybridized carbons (Fsp3) is 0.308. The Morgan fingerprint density at radius 2 is 1.72 bits per heavy atom. The van der Waals surface area contributed by atoms with E-state index in [1.165, 1.54) is 5.56 Å². The second kappa shape index (κ2) is 11.2. The van der Waals surface area contributed by atoms with Crippen LogP contribution in [0, 0.1) is 0 Å². The zero-order chi connectivity index (χ0) is 22.9. The lowest BCUT2D eigenvalue weighted by atomic mass is 10.2. The van der Waals surface area contributed by atoms with Gasteiger partial charge < -0.3 is 19.5 Å². The monoisotopic (exact) mass is 433 g/mol. The Bertz CT molecular complexity index is 1010. The summed E-state index contributed by atoms with van der Waals surface area (Å²) in [5, 5.41) is 2.96. The molecular weight excluding hydrogens is 402 g/mol. The molecule has 1 heterocycles. The maximum absolute atomic E-state index is 13.1. The number of hydrogen-bond acceptors (Lipinski definition) is 3. The van der Waals surface area contributed by atoms with Gasteiger partial charge in [-0.3, -0.25) is 0 Å². The Kier molecular flexibility index (Phi) is 8.08. The predicted molar refractivity (Wildman–Crippen MR) is 127 cm³/mol. The first kappa shape index (κ1) is 23.1. The molecule has 32 heavy (non-hydrogen) atoms. The number of nitrogens with zero attached hydrogens (tertiary/aromatic N) is 2. The van der Waals surface area contributed by atoms with Crippen molar-refractivity contribution in [1.29, 1.82) is 0 Å². The summed E-state index contributed by atoms with van der Waals surface area (Å²) < 4.78 is 7.18. The van der Waals surface area contributed by atoms with Crippen molar-refractivity contribution in [2.24, 2.45) is 0 Å². The standard InChI is InChI=1S/C26H31N3O3/c1-4-20(3)29(19-24-12-9-17-28(24)18-21-10-7-6-8-11-21)26(31)27-23-15-13-22(14-16-23)25(30)32-5-2/h6-17,20H,4-5,18-19H2,1-3H3,(H,27,31). The molecule has 0 radical (unpaired) electrons. The van der Waals surface area contributed by atoms with Gasteiger partial charge in [0, 0.05) is 30.2 Å². The second-order valence-corrected chi connectivity index (χ2v) is 7.73. The first-order valence-corrected chi connectivity index (χ1v) is 11.0. The second-order valence-electron chi connectivity index (χ2n) is 7.73. The predicted octanol–water partition coefficient (Wildman–Crippen LogP) is 5.55. The van der Waals surface area contributed by atoms with Crippen molar-refractivity contribution in [2.75, 3.05) is 11.9 Å². The molecule has 0 aliphatic heterocycles. The fourth-order valence-corrected chi connectivity index (χ4v) is 3.45. The molecule has 0 saturated heterocycles. The number of ether oxygens (including phenoxy) is 1. The minimum absolute atomic E-state index is 0.0638. The SMILES string of the molecule is CCOC(=O)c1ccc(NC(=O)N(Cc2cccn2Cc2ccccc2)C(C)CC)cc1. The Morgan fingerprint density at radius 1 is 1.00 bits per heavy atom. The van der Waals surface area contributed by atoms with Crippen LogP contribution in [-0.4, -0.2) is 34.1 Å². The van der Waals surface area contributed by atoms with Gasteiger partial charge in [0.15, 0.2) is 0 Å². The maximum atomic E-state index is 13.1. The molecule has 6 nitrogen and oxygen atoms in total. The van der Waals surface area contributed by atoms with Crippen LogP contribution in [0.2, 0.25) is 0 Å². The van der Waals surface area contributed by atoms with Gasteiger partial charge in [-0.15, -0.1) is 0 Å². The van der Waals surface area contributed by atoms with Gasteiger partial charge in [-0.05, 0) is 62.2 Å². The number of esters is 1. The van der Waals surface area contributed by atoms with Crippen molar-refractivity contribution in [2.45, 2.75) is 46.3 Å². The van der Waals surface area contributed by atoms with Gasteiger partial charge in [-0.1, -0.05) is 37.3 Å². The molecule has 2 aromatic carbocycles. The summed E-state index contributed by atoms with van der Waals surface area (Å²) in [5.74, 6) is -0.370. The fourth-order valence-electron chi connectivity index (χ4n) is 3.45. The summed E-state index contributed by atoms with van der Waals surface area (Å²) in [5.41, 5.74) is 3.38. The van der Waals surface area contributed by atoms with Crippen molar-refractivity contribution >= 4 is 17.7 Å². The van der Waals surface area contributed by atoms with Gasteiger partial charge in [-0.2, -0.15) is 0 Å². The molecule has 0 spiro atoms. The van der Waals surface area contributed by atoms with Crippen LogP contribution in [0.15, 0.2) is 72.9 Å². The summed E-state index contributed by atoms with van der Waals surface area (Å²) in [7, 11) is 0. The van der Waals surface area contributed by atoms with Crippen LogP contribution >= 0.6 is 0 Å². The van der Waals surface area contributed by atoms with E-state index in [1.807, 2.05) is 42.3 Å². The van der Waals surface area contributed by atoms with Gasteiger partial charge in [0.05, 0.1) is 18.7 Å². The molecule has 0 aliphatic rings. The number of benzene rings is 2. The maximum Gasteiger partial charge on any atom is 0.338 e. The van der Waals surface area contributed by atoms with Crippen LogP contribution in [-0.2, 0) is 17.8 Å². The van der Waals surface area contributed by atoms with E-state index in [2.05, 4.69) is 35.0 Å². The van der Waals surface area contributed by atoms with Crippen molar-refractivity contribution in [1.82, 2.24) is 9.47 Å². The lowest BCUT2D eigenvalue weighted by Crippen LogP contribution is -2.41. The van der Waals surface area contributed by atoms with Crippen molar-refractivity contribution in [3.8, 4) is 0 Å². The molecule has 0 bridgehead atoms. The highest BCUT2D eigenvalue weighted by Crippen LogP contribution is 2.17. The zero-order valence-corrected chi connectivity index (χ0v) is 19.0. The number of hydrogen-bond donors (Lipinski definition) is 1. The van der Waals surface area contributed by atoms with E-state index >= 15 is 0 Å². The molecule has 3 rings (SSSR count). The van der Waals surface area contributed by atoms with E-state index in [9.17, 15) is 9.59 Å². The van der Waals surface area contributed by atoms with E-state index in [0.717, 1.165) is 18.7 Å². The van der Waals surface area contributed by atoms with Gasteiger partial charge in [0.2, 0.25) is 0 Å². The number of urea groups is 1. The first-order valence-electron chi connectivity index (χ1n) is 11.0. The molecule has 0 fully saturated rings. The average molecular weight is 434 g/mol. The van der Waals surface area contributed by atoms with E-state index in [4.69, 9.17) is 4.74 Å². The van der Waals surface area contributed by atoms with Crippen LogP contribution in [0.25, 0.3) is 0 Å². The number of rotatable bonds is 9. The summed E-state index contributed by atoms with van der Waals surface area (Å²) >= 11 is 0. The van der Waals surface area contributed by atoms with Gasteiger partial charge in [0.25, 0.3) is 0 Å². The Balaban J connectivity index is 1.71. The van der Waals surface area contributed by atoms with E-state index in [0.29, 0.717) is 24.4 Å². The van der Waals surface area contributed by atoms with Crippen LogP contribution < -0.4 is 5.32 Å². The Labute approximate surface area is 189 Å². The van der Waals surface area contributed by atoms with Gasteiger partial charge in [0.1, 0.15) is 0 Å². The topological polar surface area (TPSA) is 63.6 Å². The smallest absolute Gasteiger partial charge is 0.338 e. The molecular formula is C26H31N3O3. The third kappa shape index (κ3) is 6.00. The molecule has 1 aromatic heterocycles. The minimum atomic E-state index is -0.370.